The highest BCUT2D eigenvalue weighted by atomic mass is 19.1. The molecule has 2 aromatic rings. The molecule has 0 aliphatic heterocycles. The van der Waals surface area contributed by atoms with Crippen LogP contribution in [0.2, 0.25) is 0 Å². The zero-order valence-corrected chi connectivity index (χ0v) is 8.66. The fourth-order valence-corrected chi connectivity index (χ4v) is 1.49. The fourth-order valence-electron chi connectivity index (χ4n) is 1.49. The Balaban J connectivity index is 2.74. The highest BCUT2D eigenvalue weighted by molar-refractivity contribution is 5.80. The van der Waals surface area contributed by atoms with Gasteiger partial charge in [-0.25, -0.2) is 14.4 Å². The van der Waals surface area contributed by atoms with Crippen LogP contribution in [0.5, 0.6) is 0 Å². The van der Waals surface area contributed by atoms with Crippen LogP contribution in [0.4, 0.5) is 4.39 Å². The molecule has 0 aliphatic carbocycles. The van der Waals surface area contributed by atoms with Crippen molar-refractivity contribution in [3.63, 3.8) is 0 Å². The van der Waals surface area contributed by atoms with E-state index in [4.69, 9.17) is 5.73 Å². The van der Waals surface area contributed by atoms with Gasteiger partial charge < -0.3 is 5.73 Å². The van der Waals surface area contributed by atoms with Crippen LogP contribution in [0.15, 0.2) is 18.2 Å². The average Bonchev–Trinajstić information content (AvgIpc) is 2.16. The number of halogens is 1. The van der Waals surface area contributed by atoms with Crippen molar-refractivity contribution in [1.29, 1.82) is 0 Å². The van der Waals surface area contributed by atoms with Gasteiger partial charge in [-0.2, -0.15) is 0 Å². The van der Waals surface area contributed by atoms with E-state index >= 15 is 0 Å². The smallest absolute Gasteiger partial charge is 0.145 e. The molecule has 2 rings (SSSR count). The zero-order valence-electron chi connectivity index (χ0n) is 8.66. The maximum atomic E-state index is 13.0. The predicted molar refractivity (Wildman–Crippen MR) is 56.8 cm³/mol. The summed E-state index contributed by atoms with van der Waals surface area (Å²) >= 11 is 0. The second-order valence-electron chi connectivity index (χ2n) is 3.62. The first-order chi connectivity index (χ1) is 7.08. The Morgan fingerprint density at radius 3 is 2.73 bits per heavy atom. The summed E-state index contributed by atoms with van der Waals surface area (Å²) in [4.78, 5) is 8.49. The number of rotatable bonds is 1. The number of fused-ring (bicyclic) bond motifs is 1. The van der Waals surface area contributed by atoms with Crippen molar-refractivity contribution in [2.45, 2.75) is 19.9 Å². The molecule has 0 saturated heterocycles. The third-order valence-electron chi connectivity index (χ3n) is 2.27. The minimum atomic E-state index is -0.295. The predicted octanol–water partition coefficient (Wildman–Crippen LogP) is 2.10. The number of benzene rings is 1. The minimum Gasteiger partial charge on any atom is -0.322 e. The molecular weight excluding hydrogens is 193 g/mol. The summed E-state index contributed by atoms with van der Waals surface area (Å²) in [5.74, 6) is 0.252. The summed E-state index contributed by atoms with van der Waals surface area (Å²) in [6.45, 7) is 3.67. The Kier molecular flexibility index (Phi) is 2.36. The molecule has 3 nitrogen and oxygen atoms in total. The molecule has 0 radical (unpaired) electrons. The van der Waals surface area contributed by atoms with E-state index in [2.05, 4.69) is 9.97 Å². The van der Waals surface area contributed by atoms with Gasteiger partial charge in [0.1, 0.15) is 11.6 Å². The van der Waals surface area contributed by atoms with E-state index in [0.717, 1.165) is 11.1 Å². The van der Waals surface area contributed by atoms with Gasteiger partial charge in [0.2, 0.25) is 0 Å². The lowest BCUT2D eigenvalue weighted by Gasteiger charge is -2.07. The van der Waals surface area contributed by atoms with Gasteiger partial charge in [0.05, 0.1) is 11.6 Å². The molecule has 78 valence electrons. The van der Waals surface area contributed by atoms with Gasteiger partial charge in [-0.3, -0.25) is 0 Å². The third kappa shape index (κ3) is 1.80. The van der Waals surface area contributed by atoms with Crippen molar-refractivity contribution in [3.8, 4) is 0 Å². The summed E-state index contributed by atoms with van der Waals surface area (Å²) in [7, 11) is 0. The van der Waals surface area contributed by atoms with Crippen LogP contribution in [0.1, 0.15) is 24.5 Å². The van der Waals surface area contributed by atoms with Gasteiger partial charge >= 0.3 is 0 Å². The molecule has 4 heteroatoms. The number of nitrogens with zero attached hydrogens (tertiary/aromatic N) is 2. The van der Waals surface area contributed by atoms with Crippen LogP contribution in [-0.4, -0.2) is 9.97 Å². The van der Waals surface area contributed by atoms with Gasteiger partial charge in [0, 0.05) is 17.1 Å². The molecule has 1 unspecified atom stereocenters. The Morgan fingerprint density at radius 1 is 1.33 bits per heavy atom. The highest BCUT2D eigenvalue weighted by Gasteiger charge is 2.08. The average molecular weight is 205 g/mol. The van der Waals surface area contributed by atoms with Crippen LogP contribution in [0, 0.1) is 12.7 Å². The molecule has 0 amide bonds. The molecule has 0 spiro atoms. The number of aryl methyl sites for hydroxylation is 1. The second-order valence-corrected chi connectivity index (χ2v) is 3.62. The molecule has 1 heterocycles. The Morgan fingerprint density at radius 2 is 2.07 bits per heavy atom. The van der Waals surface area contributed by atoms with Gasteiger partial charge in [-0.05, 0) is 26.0 Å². The van der Waals surface area contributed by atoms with Gasteiger partial charge in [0.25, 0.3) is 0 Å². The highest BCUT2D eigenvalue weighted by Crippen LogP contribution is 2.18. The molecule has 1 aromatic heterocycles. The van der Waals surface area contributed by atoms with E-state index in [1.165, 1.54) is 12.1 Å². The van der Waals surface area contributed by atoms with E-state index in [1.54, 1.807) is 13.0 Å². The van der Waals surface area contributed by atoms with Crippen molar-refractivity contribution in [2.24, 2.45) is 5.73 Å². The van der Waals surface area contributed by atoms with Crippen molar-refractivity contribution >= 4 is 10.9 Å². The molecule has 1 atom stereocenters. The minimum absolute atomic E-state index is 0.239. The number of hydrogen-bond acceptors (Lipinski definition) is 3. The lowest BCUT2D eigenvalue weighted by molar-refractivity contribution is 0.629. The Bertz CT molecular complexity index is 508. The molecular formula is C11H12FN3. The zero-order chi connectivity index (χ0) is 11.0. The van der Waals surface area contributed by atoms with Crippen molar-refractivity contribution < 1.29 is 4.39 Å². The molecule has 1 aromatic carbocycles. The quantitative estimate of drug-likeness (QED) is 0.775. The number of hydrogen-bond donors (Lipinski definition) is 1. The molecule has 0 bridgehead atoms. The van der Waals surface area contributed by atoms with Crippen molar-refractivity contribution in [2.75, 3.05) is 0 Å². The normalized spacial score (nSPS) is 13.1. The molecule has 2 N–H and O–H groups in total. The summed E-state index contributed by atoms with van der Waals surface area (Å²) in [6, 6.07) is 4.25. The van der Waals surface area contributed by atoms with E-state index in [-0.39, 0.29) is 11.9 Å². The van der Waals surface area contributed by atoms with E-state index in [0.29, 0.717) is 11.3 Å². The lowest BCUT2D eigenvalue weighted by Crippen LogP contribution is -2.10. The lowest BCUT2D eigenvalue weighted by atomic mass is 10.2. The van der Waals surface area contributed by atoms with E-state index in [1.807, 2.05) is 6.92 Å². The van der Waals surface area contributed by atoms with Crippen LogP contribution >= 0.6 is 0 Å². The topological polar surface area (TPSA) is 51.8 Å². The number of aromatic nitrogens is 2. The first-order valence-corrected chi connectivity index (χ1v) is 4.77. The van der Waals surface area contributed by atoms with Crippen molar-refractivity contribution in [1.82, 2.24) is 9.97 Å². The summed E-state index contributed by atoms with van der Waals surface area (Å²) in [5.41, 5.74) is 7.13. The van der Waals surface area contributed by atoms with Gasteiger partial charge in [-0.15, -0.1) is 0 Å². The Hall–Kier alpha value is -1.55. The third-order valence-corrected chi connectivity index (χ3v) is 2.27. The largest absolute Gasteiger partial charge is 0.322 e. The van der Waals surface area contributed by atoms with E-state index in [9.17, 15) is 4.39 Å². The van der Waals surface area contributed by atoms with E-state index < -0.39 is 0 Å². The first kappa shape index (κ1) is 9.98. The summed E-state index contributed by atoms with van der Waals surface area (Å²) in [6.07, 6.45) is 0. The SMILES string of the molecule is Cc1nc(C(C)N)nc2cc(F)ccc12. The van der Waals surface area contributed by atoms with Gasteiger partial charge in [0.15, 0.2) is 0 Å². The van der Waals surface area contributed by atoms with Crippen LogP contribution in [-0.2, 0) is 0 Å². The maximum absolute atomic E-state index is 13.0. The number of nitrogens with two attached hydrogens (primary N) is 1. The summed E-state index contributed by atoms with van der Waals surface area (Å²) < 4.78 is 13.0. The Labute approximate surface area is 87.2 Å². The standard InChI is InChI=1S/C11H12FN3/c1-6(13)11-14-7(2)9-4-3-8(12)5-10(9)15-11/h3-6H,13H2,1-2H3. The monoisotopic (exact) mass is 205 g/mol. The molecule has 0 fully saturated rings. The maximum Gasteiger partial charge on any atom is 0.145 e. The summed E-state index contributed by atoms with van der Waals surface area (Å²) in [5, 5.41) is 0.862. The molecule has 0 saturated carbocycles. The second kappa shape index (κ2) is 3.55. The van der Waals surface area contributed by atoms with Crippen LogP contribution in [0.25, 0.3) is 10.9 Å². The van der Waals surface area contributed by atoms with Gasteiger partial charge in [-0.1, -0.05) is 0 Å². The molecule has 15 heavy (non-hydrogen) atoms. The molecule has 0 aliphatic rings. The first-order valence-electron chi connectivity index (χ1n) is 4.77. The van der Waals surface area contributed by atoms with Crippen LogP contribution < -0.4 is 5.73 Å². The van der Waals surface area contributed by atoms with Crippen LogP contribution in [0.3, 0.4) is 0 Å². The fraction of sp³-hybridized carbons (Fsp3) is 0.273. The van der Waals surface area contributed by atoms with Crippen molar-refractivity contribution in [3.05, 3.63) is 35.5 Å².